The van der Waals surface area contributed by atoms with Gasteiger partial charge in [0.2, 0.25) is 0 Å². The molecule has 2 rings (SSSR count). The molecule has 0 spiro atoms. The molecule has 0 bridgehead atoms. The lowest BCUT2D eigenvalue weighted by Gasteiger charge is -2.04. The molecule has 2 atom stereocenters. The Morgan fingerprint density at radius 2 is 2.11 bits per heavy atom. The van der Waals surface area contributed by atoms with Crippen LogP contribution in [-0.2, 0) is 0 Å². The molecule has 0 aliphatic carbocycles. The highest BCUT2D eigenvalue weighted by Crippen LogP contribution is 2.26. The Bertz CT molecular complexity index is 361. The van der Waals surface area contributed by atoms with E-state index in [2.05, 4.69) is 22.6 Å². The summed E-state index contributed by atoms with van der Waals surface area (Å²) in [6.07, 6.45) is 2.98. The molecule has 0 amide bonds. The number of amidine groups is 1. The number of benzene rings is 1. The summed E-state index contributed by atoms with van der Waals surface area (Å²) >= 11 is 0. The predicted octanol–water partition coefficient (Wildman–Crippen LogP) is 2.64. The highest BCUT2D eigenvalue weighted by Gasteiger charge is 2.16. The van der Waals surface area contributed by atoms with Gasteiger partial charge in [0.1, 0.15) is 0 Å². The van der Waals surface area contributed by atoms with E-state index in [4.69, 9.17) is 10.9 Å². The fraction of sp³-hybridized carbons (Fsp3) is 0.500. The fourth-order valence-electron chi connectivity index (χ4n) is 1.62. The molecule has 18 heavy (non-hydrogen) atoms. The Hall–Kier alpha value is -1.39. The minimum absolute atomic E-state index is 0.241. The van der Waals surface area contributed by atoms with Crippen molar-refractivity contribution in [1.29, 1.82) is 0 Å². The van der Waals surface area contributed by atoms with E-state index in [0.717, 1.165) is 25.1 Å². The first-order valence-corrected chi connectivity index (χ1v) is 6.44. The Kier molecular flexibility index (Phi) is 6.39. The summed E-state index contributed by atoms with van der Waals surface area (Å²) in [6.45, 7) is 3.92. The average Bonchev–Trinajstić information content (AvgIpc) is 2.86. The second kappa shape index (κ2) is 7.84. The van der Waals surface area contributed by atoms with Gasteiger partial charge >= 0.3 is 0 Å². The average molecular weight is 249 g/mol. The molecule has 4 N–H and O–H groups in total. The topological polar surface area (TPSA) is 70.6 Å². The van der Waals surface area contributed by atoms with Gasteiger partial charge in [-0.3, -0.25) is 4.99 Å². The van der Waals surface area contributed by atoms with Crippen LogP contribution in [0.5, 0.6) is 0 Å². The van der Waals surface area contributed by atoms with E-state index in [9.17, 15) is 0 Å². The van der Waals surface area contributed by atoms with Crippen LogP contribution in [0.3, 0.4) is 0 Å². The number of rotatable bonds is 3. The van der Waals surface area contributed by atoms with Gasteiger partial charge in [-0.15, -0.1) is 0 Å². The van der Waals surface area contributed by atoms with Crippen LogP contribution in [0.2, 0.25) is 0 Å². The molecule has 0 aromatic heterocycles. The minimum Gasteiger partial charge on any atom is -0.387 e. The van der Waals surface area contributed by atoms with Gasteiger partial charge in [-0.2, -0.15) is 0 Å². The third-order valence-corrected chi connectivity index (χ3v) is 3.01. The van der Waals surface area contributed by atoms with Crippen molar-refractivity contribution >= 4 is 5.84 Å². The van der Waals surface area contributed by atoms with Gasteiger partial charge in [0, 0.05) is 12.5 Å². The normalized spacial score (nSPS) is 19.7. The number of nitrogens with one attached hydrogen (secondary N) is 1. The summed E-state index contributed by atoms with van der Waals surface area (Å²) in [5, 5.41) is 8.08. The van der Waals surface area contributed by atoms with E-state index in [1.54, 1.807) is 0 Å². The van der Waals surface area contributed by atoms with Gasteiger partial charge in [0.05, 0.1) is 11.9 Å². The first-order chi connectivity index (χ1) is 8.67. The predicted molar refractivity (Wildman–Crippen MR) is 74.7 cm³/mol. The Morgan fingerprint density at radius 1 is 1.44 bits per heavy atom. The van der Waals surface area contributed by atoms with E-state index in [1.807, 2.05) is 32.0 Å². The maximum atomic E-state index is 8.08. The van der Waals surface area contributed by atoms with Crippen LogP contribution in [0.25, 0.3) is 0 Å². The molecule has 1 aromatic carbocycles. The van der Waals surface area contributed by atoms with Crippen molar-refractivity contribution in [3.8, 4) is 0 Å². The van der Waals surface area contributed by atoms with Gasteiger partial charge in [0.15, 0.2) is 0 Å². The van der Waals surface area contributed by atoms with E-state index in [-0.39, 0.29) is 6.04 Å². The zero-order valence-electron chi connectivity index (χ0n) is 11.1. The Labute approximate surface area is 109 Å². The third kappa shape index (κ3) is 4.85. The molecule has 4 nitrogen and oxygen atoms in total. The first kappa shape index (κ1) is 14.7. The molecular formula is C14H23N3O. The molecule has 1 aliphatic rings. The number of nitrogens with zero attached hydrogens (tertiary/aromatic N) is 1. The van der Waals surface area contributed by atoms with E-state index in [1.165, 1.54) is 5.56 Å². The molecule has 1 unspecified atom stereocenters. The number of nitrogens with two attached hydrogens (primary N) is 1. The maximum absolute atomic E-state index is 8.08. The van der Waals surface area contributed by atoms with Gasteiger partial charge in [-0.1, -0.05) is 37.3 Å². The summed E-state index contributed by atoms with van der Waals surface area (Å²) in [5.41, 5.74) is 9.00. The Morgan fingerprint density at radius 3 is 2.50 bits per heavy atom. The van der Waals surface area contributed by atoms with E-state index < -0.39 is 0 Å². The van der Waals surface area contributed by atoms with Crippen LogP contribution in [0.4, 0.5) is 0 Å². The fourth-order valence-corrected chi connectivity index (χ4v) is 1.62. The van der Waals surface area contributed by atoms with E-state index in [0.29, 0.717) is 6.04 Å². The van der Waals surface area contributed by atoms with Gasteiger partial charge in [-0.25, -0.2) is 5.48 Å². The minimum atomic E-state index is 0.241. The number of aliphatic imine (C=N–C) groups is 1. The van der Waals surface area contributed by atoms with Crippen molar-refractivity contribution in [2.24, 2.45) is 10.7 Å². The number of hydrogen-bond donors (Lipinski definition) is 3. The highest BCUT2D eigenvalue weighted by atomic mass is 16.5. The van der Waals surface area contributed by atoms with Crippen LogP contribution >= 0.6 is 0 Å². The number of hydrogen-bond acceptors (Lipinski definition) is 4. The van der Waals surface area contributed by atoms with Crippen molar-refractivity contribution in [1.82, 2.24) is 5.48 Å². The summed E-state index contributed by atoms with van der Waals surface area (Å²) in [5.74, 6) is 0.795. The van der Waals surface area contributed by atoms with Crippen LogP contribution in [-0.4, -0.2) is 17.1 Å². The molecule has 0 saturated carbocycles. The summed E-state index contributed by atoms with van der Waals surface area (Å²) in [7, 11) is 0. The van der Waals surface area contributed by atoms with Gasteiger partial charge in [0.25, 0.3) is 0 Å². The van der Waals surface area contributed by atoms with Crippen LogP contribution in [0, 0.1) is 0 Å². The molecule has 1 aromatic rings. The standard InChI is InChI=1S/C10H12N2.C4H11NO/c11-10-7-6-9(12-10)8-4-2-1-3-5-8;1-3-4(2)5-6/h1-5,9H,6-7H2,(H2,11,12);4-6H,3H2,1-2H3/t9-;/m0./s1. The van der Waals surface area contributed by atoms with Crippen molar-refractivity contribution in [2.75, 3.05) is 0 Å². The number of hydroxylamine groups is 1. The summed E-state index contributed by atoms with van der Waals surface area (Å²) < 4.78 is 0. The lowest BCUT2D eigenvalue weighted by atomic mass is 10.1. The first-order valence-electron chi connectivity index (χ1n) is 6.44. The van der Waals surface area contributed by atoms with Crippen molar-refractivity contribution in [3.05, 3.63) is 35.9 Å². The molecule has 0 saturated heterocycles. The third-order valence-electron chi connectivity index (χ3n) is 3.01. The van der Waals surface area contributed by atoms with Crippen LogP contribution in [0.15, 0.2) is 35.3 Å². The Balaban J connectivity index is 0.000000232. The summed E-state index contributed by atoms with van der Waals surface area (Å²) in [4.78, 5) is 4.35. The van der Waals surface area contributed by atoms with Crippen molar-refractivity contribution in [3.63, 3.8) is 0 Å². The zero-order chi connectivity index (χ0) is 13.4. The second-order valence-electron chi connectivity index (χ2n) is 4.52. The molecule has 1 aliphatic heterocycles. The van der Waals surface area contributed by atoms with Crippen LogP contribution < -0.4 is 11.2 Å². The molecule has 0 fully saturated rings. The lowest BCUT2D eigenvalue weighted by Crippen LogP contribution is -2.19. The van der Waals surface area contributed by atoms with Gasteiger partial charge < -0.3 is 10.9 Å². The molecule has 4 heteroatoms. The second-order valence-corrected chi connectivity index (χ2v) is 4.52. The maximum Gasteiger partial charge on any atom is 0.0945 e. The lowest BCUT2D eigenvalue weighted by molar-refractivity contribution is 0.131. The SMILES string of the molecule is CCC(C)NO.NC1=N[C@H](c2ccccc2)CC1. The molecule has 1 heterocycles. The summed E-state index contributed by atoms with van der Waals surface area (Å²) in [6, 6.07) is 10.9. The van der Waals surface area contributed by atoms with E-state index >= 15 is 0 Å². The quantitative estimate of drug-likeness (QED) is 0.721. The smallest absolute Gasteiger partial charge is 0.0945 e. The van der Waals surface area contributed by atoms with Crippen LogP contribution in [0.1, 0.15) is 44.7 Å². The molecule has 0 radical (unpaired) electrons. The highest BCUT2D eigenvalue weighted by molar-refractivity contribution is 5.82. The van der Waals surface area contributed by atoms with Crippen molar-refractivity contribution < 1.29 is 5.21 Å². The van der Waals surface area contributed by atoms with Gasteiger partial charge in [-0.05, 0) is 25.3 Å². The van der Waals surface area contributed by atoms with Crippen molar-refractivity contribution in [2.45, 2.75) is 45.2 Å². The largest absolute Gasteiger partial charge is 0.387 e. The monoisotopic (exact) mass is 249 g/mol. The molecular weight excluding hydrogens is 226 g/mol. The molecule has 100 valence electrons. The zero-order valence-corrected chi connectivity index (χ0v) is 11.1.